The summed E-state index contributed by atoms with van der Waals surface area (Å²) in [6, 6.07) is 8.18. The molecule has 2 amide bonds. The van der Waals surface area contributed by atoms with Gasteiger partial charge in [0.1, 0.15) is 0 Å². The zero-order valence-electron chi connectivity index (χ0n) is 10.1. The molecule has 0 aromatic heterocycles. The van der Waals surface area contributed by atoms with Crippen LogP contribution < -0.4 is 5.32 Å². The Kier molecular flexibility index (Phi) is 3.14. The van der Waals surface area contributed by atoms with Crippen molar-refractivity contribution in [1.82, 2.24) is 15.1 Å². The number of urea groups is 1. The van der Waals surface area contributed by atoms with Crippen LogP contribution >= 0.6 is 11.6 Å². The molecular formula is C13H16ClN3O. The summed E-state index contributed by atoms with van der Waals surface area (Å²) in [5, 5.41) is 4.05. The molecule has 1 unspecified atom stereocenters. The van der Waals surface area contributed by atoms with E-state index in [1.807, 2.05) is 34.1 Å². The lowest BCUT2D eigenvalue weighted by Crippen LogP contribution is -2.49. The highest BCUT2D eigenvalue weighted by molar-refractivity contribution is 6.30. The molecule has 2 fully saturated rings. The van der Waals surface area contributed by atoms with Crippen LogP contribution in [0.1, 0.15) is 5.56 Å². The number of piperazine rings is 1. The van der Waals surface area contributed by atoms with E-state index in [1.165, 1.54) is 0 Å². The summed E-state index contributed by atoms with van der Waals surface area (Å²) in [5.41, 5.74) is 1.09. The second-order valence-corrected chi connectivity index (χ2v) is 5.28. The molecule has 0 radical (unpaired) electrons. The summed E-state index contributed by atoms with van der Waals surface area (Å²) < 4.78 is 0. The zero-order valence-corrected chi connectivity index (χ0v) is 10.9. The molecule has 0 spiro atoms. The molecule has 1 N–H and O–H groups in total. The highest BCUT2D eigenvalue weighted by atomic mass is 35.5. The molecule has 1 atom stereocenters. The Labute approximate surface area is 112 Å². The Morgan fingerprint density at radius 3 is 3.11 bits per heavy atom. The number of nitrogens with one attached hydrogen (secondary N) is 1. The van der Waals surface area contributed by atoms with Gasteiger partial charge in [-0.15, -0.1) is 0 Å². The number of carbonyl (C=O) groups excluding carboxylic acids is 1. The summed E-state index contributed by atoms with van der Waals surface area (Å²) in [5.74, 6) is 0. The van der Waals surface area contributed by atoms with E-state index in [-0.39, 0.29) is 6.03 Å². The third-order valence-corrected chi connectivity index (χ3v) is 3.80. The van der Waals surface area contributed by atoms with Crippen LogP contribution in [0.2, 0.25) is 5.02 Å². The van der Waals surface area contributed by atoms with Crippen molar-refractivity contribution in [2.75, 3.05) is 26.2 Å². The summed E-state index contributed by atoms with van der Waals surface area (Å²) in [7, 11) is 0. The topological polar surface area (TPSA) is 35.6 Å². The highest BCUT2D eigenvalue weighted by Gasteiger charge is 2.38. The largest absolute Gasteiger partial charge is 0.320 e. The van der Waals surface area contributed by atoms with E-state index in [0.717, 1.165) is 36.8 Å². The first-order valence-electron chi connectivity index (χ1n) is 6.25. The maximum absolute atomic E-state index is 12.2. The summed E-state index contributed by atoms with van der Waals surface area (Å²) in [6.07, 6.45) is 0. The average molecular weight is 266 g/mol. The minimum atomic E-state index is 0.154. The van der Waals surface area contributed by atoms with Crippen LogP contribution in [0.15, 0.2) is 24.3 Å². The van der Waals surface area contributed by atoms with E-state index >= 15 is 0 Å². The van der Waals surface area contributed by atoms with Crippen LogP contribution in [-0.4, -0.2) is 48.1 Å². The second-order valence-electron chi connectivity index (χ2n) is 4.84. The van der Waals surface area contributed by atoms with Gasteiger partial charge in [-0.25, -0.2) is 4.79 Å². The molecule has 0 aliphatic carbocycles. The van der Waals surface area contributed by atoms with Gasteiger partial charge in [0.25, 0.3) is 0 Å². The van der Waals surface area contributed by atoms with E-state index in [2.05, 4.69) is 5.32 Å². The fourth-order valence-electron chi connectivity index (χ4n) is 2.68. The maximum atomic E-state index is 12.2. The molecule has 18 heavy (non-hydrogen) atoms. The number of hydrogen-bond donors (Lipinski definition) is 1. The van der Waals surface area contributed by atoms with Crippen LogP contribution in [0.5, 0.6) is 0 Å². The Balaban J connectivity index is 1.72. The lowest BCUT2D eigenvalue weighted by molar-refractivity contribution is 0.178. The van der Waals surface area contributed by atoms with E-state index < -0.39 is 0 Å². The Morgan fingerprint density at radius 1 is 1.44 bits per heavy atom. The summed E-state index contributed by atoms with van der Waals surface area (Å²) >= 11 is 5.96. The number of carbonyl (C=O) groups is 1. The van der Waals surface area contributed by atoms with Gasteiger partial charge in [-0.3, -0.25) is 0 Å². The van der Waals surface area contributed by atoms with E-state index in [4.69, 9.17) is 11.6 Å². The van der Waals surface area contributed by atoms with Crippen molar-refractivity contribution in [2.45, 2.75) is 12.6 Å². The van der Waals surface area contributed by atoms with Crippen molar-refractivity contribution in [2.24, 2.45) is 0 Å². The lowest BCUT2D eigenvalue weighted by Gasteiger charge is -2.28. The molecule has 2 heterocycles. The second kappa shape index (κ2) is 4.78. The van der Waals surface area contributed by atoms with Gasteiger partial charge in [-0.05, 0) is 17.7 Å². The van der Waals surface area contributed by atoms with E-state index in [9.17, 15) is 4.79 Å². The quantitative estimate of drug-likeness (QED) is 0.881. The fourth-order valence-corrected chi connectivity index (χ4v) is 2.89. The van der Waals surface area contributed by atoms with Gasteiger partial charge in [0, 0.05) is 37.7 Å². The molecule has 5 heteroatoms. The Morgan fingerprint density at radius 2 is 2.33 bits per heavy atom. The summed E-state index contributed by atoms with van der Waals surface area (Å²) in [4.78, 5) is 16.1. The molecular weight excluding hydrogens is 250 g/mol. The van der Waals surface area contributed by atoms with Gasteiger partial charge in [0.15, 0.2) is 0 Å². The normalized spacial score (nSPS) is 23.4. The van der Waals surface area contributed by atoms with Crippen molar-refractivity contribution in [3.05, 3.63) is 34.9 Å². The number of benzene rings is 1. The third kappa shape index (κ3) is 2.18. The Bertz CT molecular complexity index is 465. The van der Waals surface area contributed by atoms with Crippen molar-refractivity contribution >= 4 is 17.6 Å². The predicted molar refractivity (Wildman–Crippen MR) is 70.6 cm³/mol. The molecule has 2 aliphatic rings. The first-order valence-corrected chi connectivity index (χ1v) is 6.62. The minimum Gasteiger partial charge on any atom is -0.318 e. The lowest BCUT2D eigenvalue weighted by atomic mass is 10.2. The minimum absolute atomic E-state index is 0.154. The molecule has 0 bridgehead atoms. The maximum Gasteiger partial charge on any atom is 0.320 e. The highest BCUT2D eigenvalue weighted by Crippen LogP contribution is 2.20. The fraction of sp³-hybridized carbons (Fsp3) is 0.462. The third-order valence-electron chi connectivity index (χ3n) is 3.56. The number of nitrogens with zero attached hydrogens (tertiary/aromatic N) is 2. The Hall–Kier alpha value is -1.26. The molecule has 1 aromatic rings. The number of amides is 2. The molecule has 3 rings (SSSR count). The molecule has 2 saturated heterocycles. The molecule has 0 saturated carbocycles. The van der Waals surface area contributed by atoms with Crippen LogP contribution in [0.25, 0.3) is 0 Å². The van der Waals surface area contributed by atoms with Crippen molar-refractivity contribution in [3.8, 4) is 0 Å². The standard InChI is InChI=1S/C13H16ClN3O/c14-11-3-1-2-10(6-11)8-16-9-12-7-15-4-5-17(12)13(16)18/h1-3,6,12,15H,4-5,7-9H2. The van der Waals surface area contributed by atoms with E-state index in [1.54, 1.807) is 0 Å². The monoisotopic (exact) mass is 265 g/mol. The summed E-state index contributed by atoms with van der Waals surface area (Å²) in [6.45, 7) is 4.06. The first kappa shape index (κ1) is 11.8. The molecule has 1 aromatic carbocycles. The predicted octanol–water partition coefficient (Wildman–Crippen LogP) is 1.55. The SMILES string of the molecule is O=C1N(Cc2cccc(Cl)c2)CC2CNCCN12. The van der Waals surface area contributed by atoms with Crippen molar-refractivity contribution in [1.29, 1.82) is 0 Å². The van der Waals surface area contributed by atoms with E-state index in [0.29, 0.717) is 12.6 Å². The number of halogens is 1. The smallest absolute Gasteiger partial charge is 0.318 e. The van der Waals surface area contributed by atoms with Crippen LogP contribution in [0, 0.1) is 0 Å². The molecule has 2 aliphatic heterocycles. The van der Waals surface area contributed by atoms with Gasteiger partial charge >= 0.3 is 6.03 Å². The van der Waals surface area contributed by atoms with Gasteiger partial charge in [-0.2, -0.15) is 0 Å². The van der Waals surface area contributed by atoms with Gasteiger partial charge in [-0.1, -0.05) is 23.7 Å². The van der Waals surface area contributed by atoms with Crippen LogP contribution in [-0.2, 0) is 6.54 Å². The van der Waals surface area contributed by atoms with Gasteiger partial charge < -0.3 is 15.1 Å². The van der Waals surface area contributed by atoms with Crippen LogP contribution in [0.3, 0.4) is 0 Å². The molecule has 4 nitrogen and oxygen atoms in total. The first-order chi connectivity index (χ1) is 8.74. The number of fused-ring (bicyclic) bond motifs is 1. The van der Waals surface area contributed by atoms with Crippen molar-refractivity contribution < 1.29 is 4.79 Å². The average Bonchev–Trinajstić information content (AvgIpc) is 2.67. The number of rotatable bonds is 2. The zero-order chi connectivity index (χ0) is 12.5. The molecule has 96 valence electrons. The van der Waals surface area contributed by atoms with Gasteiger partial charge in [0.05, 0.1) is 6.04 Å². The van der Waals surface area contributed by atoms with Crippen molar-refractivity contribution in [3.63, 3.8) is 0 Å². The van der Waals surface area contributed by atoms with Crippen LogP contribution in [0.4, 0.5) is 4.79 Å². The number of hydrogen-bond acceptors (Lipinski definition) is 2. The van der Waals surface area contributed by atoms with Gasteiger partial charge in [0.2, 0.25) is 0 Å².